The molecule has 0 fully saturated rings. The molecule has 2 aromatic carbocycles. The van der Waals surface area contributed by atoms with Crippen LogP contribution in [0, 0.1) is 6.92 Å². The average molecular weight is 454 g/mol. The average Bonchev–Trinajstić information content (AvgIpc) is 3.29. The van der Waals surface area contributed by atoms with Crippen molar-refractivity contribution < 1.29 is 9.53 Å². The van der Waals surface area contributed by atoms with Gasteiger partial charge in [0.1, 0.15) is 30.0 Å². The number of ether oxygens (including phenoxy) is 1. The number of benzene rings is 2. The highest BCUT2D eigenvalue weighted by Gasteiger charge is 2.10. The van der Waals surface area contributed by atoms with Crippen molar-refractivity contribution in [2.75, 3.05) is 24.7 Å². The van der Waals surface area contributed by atoms with Crippen LogP contribution in [0.25, 0.3) is 16.6 Å². The first-order valence-corrected chi connectivity index (χ1v) is 10.5. The molecule has 0 spiro atoms. The van der Waals surface area contributed by atoms with Gasteiger partial charge in [0.15, 0.2) is 5.65 Å². The minimum atomic E-state index is -0.208. The van der Waals surface area contributed by atoms with Crippen molar-refractivity contribution in [3.8, 4) is 11.5 Å². The number of hydrogen-bond donors (Lipinski definition) is 2. The highest BCUT2D eigenvalue weighted by Crippen LogP contribution is 2.30. The first-order valence-electron chi connectivity index (χ1n) is 10.5. The van der Waals surface area contributed by atoms with E-state index in [4.69, 9.17) is 4.74 Å². The number of fused-ring (bicyclic) bond motifs is 2. The Morgan fingerprint density at radius 3 is 2.65 bits per heavy atom. The van der Waals surface area contributed by atoms with Gasteiger partial charge in [0, 0.05) is 43.1 Å². The van der Waals surface area contributed by atoms with Crippen LogP contribution in [0.3, 0.4) is 0 Å². The Bertz CT molecular complexity index is 1510. The molecule has 0 bridgehead atoms. The molecule has 5 aromatic rings. The molecule has 0 radical (unpaired) electrons. The van der Waals surface area contributed by atoms with Crippen molar-refractivity contribution in [1.82, 2.24) is 29.5 Å². The van der Waals surface area contributed by atoms with Crippen LogP contribution in [0.1, 0.15) is 5.56 Å². The summed E-state index contributed by atoms with van der Waals surface area (Å²) in [7, 11) is 3.38. The van der Waals surface area contributed by atoms with Crippen LogP contribution in [0.4, 0.5) is 22.0 Å². The summed E-state index contributed by atoms with van der Waals surface area (Å²) >= 11 is 0. The van der Waals surface area contributed by atoms with Gasteiger partial charge in [-0.3, -0.25) is 0 Å². The zero-order valence-electron chi connectivity index (χ0n) is 18.9. The number of nitrogens with zero attached hydrogens (tertiary/aromatic N) is 6. The highest BCUT2D eigenvalue weighted by atomic mass is 16.5. The van der Waals surface area contributed by atoms with E-state index in [1.54, 1.807) is 24.8 Å². The SMILES string of the molecule is Cc1cc(Nc2ncnc3ccc(NC(=O)N(C)C)cc23)ccc1Oc1ccn2ncnc2c1. The molecule has 0 saturated heterocycles. The molecule has 5 rings (SSSR count). The Morgan fingerprint density at radius 2 is 1.82 bits per heavy atom. The molecule has 0 unspecified atom stereocenters. The Hall–Kier alpha value is -4.73. The quantitative estimate of drug-likeness (QED) is 0.399. The summed E-state index contributed by atoms with van der Waals surface area (Å²) in [5, 5.41) is 11.1. The first kappa shape index (κ1) is 21.1. The molecule has 10 heteroatoms. The topological polar surface area (TPSA) is 110 Å². The van der Waals surface area contributed by atoms with E-state index in [-0.39, 0.29) is 6.03 Å². The van der Waals surface area contributed by atoms with E-state index in [0.29, 0.717) is 22.9 Å². The number of urea groups is 1. The van der Waals surface area contributed by atoms with Crippen LogP contribution < -0.4 is 15.4 Å². The lowest BCUT2D eigenvalue weighted by atomic mass is 10.1. The van der Waals surface area contributed by atoms with Gasteiger partial charge in [-0.15, -0.1) is 0 Å². The second-order valence-electron chi connectivity index (χ2n) is 7.91. The van der Waals surface area contributed by atoms with Gasteiger partial charge in [-0.2, -0.15) is 5.10 Å². The van der Waals surface area contributed by atoms with Crippen LogP contribution in [-0.2, 0) is 0 Å². The van der Waals surface area contributed by atoms with E-state index in [2.05, 4.69) is 30.7 Å². The standard InChI is InChI=1S/C24H22N8O2/c1-15-10-16(5-7-21(15)34-18-8-9-32-22(12-18)26-14-28-32)29-23-19-11-17(30-24(33)31(2)3)4-6-20(19)25-13-27-23/h4-14H,1-3H3,(H,30,33)(H,25,27,29). The smallest absolute Gasteiger partial charge is 0.321 e. The lowest BCUT2D eigenvalue weighted by Gasteiger charge is -2.14. The van der Waals surface area contributed by atoms with Crippen LogP contribution >= 0.6 is 0 Å². The van der Waals surface area contributed by atoms with Gasteiger partial charge in [-0.25, -0.2) is 24.3 Å². The zero-order valence-corrected chi connectivity index (χ0v) is 18.9. The van der Waals surface area contributed by atoms with Crippen molar-refractivity contribution in [3.63, 3.8) is 0 Å². The number of aryl methyl sites for hydroxylation is 1. The summed E-state index contributed by atoms with van der Waals surface area (Å²) in [4.78, 5) is 26.4. The molecule has 0 aliphatic rings. The molecule has 170 valence electrons. The minimum Gasteiger partial charge on any atom is -0.457 e. The van der Waals surface area contributed by atoms with Crippen LogP contribution in [0.2, 0.25) is 0 Å². The van der Waals surface area contributed by atoms with Crippen molar-refractivity contribution >= 4 is 39.8 Å². The predicted octanol–water partition coefficient (Wildman–Crippen LogP) is 4.61. The number of carbonyl (C=O) groups is 1. The third kappa shape index (κ3) is 4.29. The summed E-state index contributed by atoms with van der Waals surface area (Å²) in [5.41, 5.74) is 3.93. The molecule has 0 saturated carbocycles. The van der Waals surface area contributed by atoms with Gasteiger partial charge >= 0.3 is 6.03 Å². The predicted molar refractivity (Wildman–Crippen MR) is 130 cm³/mol. The van der Waals surface area contributed by atoms with Crippen molar-refractivity contribution in [1.29, 1.82) is 0 Å². The lowest BCUT2D eigenvalue weighted by molar-refractivity contribution is 0.230. The second-order valence-corrected chi connectivity index (χ2v) is 7.91. The zero-order chi connectivity index (χ0) is 23.7. The van der Waals surface area contributed by atoms with E-state index in [9.17, 15) is 4.79 Å². The normalized spacial score (nSPS) is 10.9. The van der Waals surface area contributed by atoms with Crippen LogP contribution in [0.15, 0.2) is 67.4 Å². The third-order valence-electron chi connectivity index (χ3n) is 5.21. The fraction of sp³-hybridized carbons (Fsp3) is 0.125. The van der Waals surface area contributed by atoms with E-state index in [1.165, 1.54) is 17.6 Å². The number of rotatable bonds is 5. The second kappa shape index (κ2) is 8.66. The summed E-state index contributed by atoms with van der Waals surface area (Å²) in [6, 6.07) is 14.8. The fourth-order valence-electron chi connectivity index (χ4n) is 3.43. The lowest BCUT2D eigenvalue weighted by Crippen LogP contribution is -2.27. The van der Waals surface area contributed by atoms with E-state index < -0.39 is 0 Å². The Morgan fingerprint density at radius 1 is 0.971 bits per heavy atom. The Labute approximate surface area is 195 Å². The summed E-state index contributed by atoms with van der Waals surface area (Å²) in [6.45, 7) is 1.98. The first-order chi connectivity index (χ1) is 16.5. The molecular weight excluding hydrogens is 432 g/mol. The number of amides is 2. The van der Waals surface area contributed by atoms with Gasteiger partial charge in [-0.1, -0.05) is 0 Å². The molecule has 10 nitrogen and oxygen atoms in total. The largest absolute Gasteiger partial charge is 0.457 e. The van der Waals surface area contributed by atoms with Crippen molar-refractivity contribution in [2.24, 2.45) is 0 Å². The molecular formula is C24H22N8O2. The summed E-state index contributed by atoms with van der Waals surface area (Å²) < 4.78 is 7.73. The molecule has 34 heavy (non-hydrogen) atoms. The number of anilines is 3. The third-order valence-corrected chi connectivity index (χ3v) is 5.21. The highest BCUT2D eigenvalue weighted by molar-refractivity contribution is 5.96. The number of aromatic nitrogens is 5. The van der Waals surface area contributed by atoms with Gasteiger partial charge < -0.3 is 20.3 Å². The Balaban J connectivity index is 1.38. The molecule has 3 heterocycles. The molecule has 2 amide bonds. The van der Waals surface area contributed by atoms with Crippen LogP contribution in [-0.4, -0.2) is 49.6 Å². The molecule has 0 atom stereocenters. The number of pyridine rings is 1. The number of nitrogens with one attached hydrogen (secondary N) is 2. The van der Waals surface area contributed by atoms with Gasteiger partial charge in [-0.05, 0) is 55.0 Å². The maximum absolute atomic E-state index is 12.0. The molecule has 0 aliphatic carbocycles. The molecule has 0 aliphatic heterocycles. The maximum atomic E-state index is 12.0. The van der Waals surface area contributed by atoms with Crippen LogP contribution in [0.5, 0.6) is 11.5 Å². The monoisotopic (exact) mass is 454 g/mol. The van der Waals surface area contributed by atoms with Gasteiger partial charge in [0.25, 0.3) is 0 Å². The fourth-order valence-corrected chi connectivity index (χ4v) is 3.43. The van der Waals surface area contributed by atoms with Crippen molar-refractivity contribution in [2.45, 2.75) is 6.92 Å². The maximum Gasteiger partial charge on any atom is 0.321 e. The van der Waals surface area contributed by atoms with E-state index in [0.717, 1.165) is 27.9 Å². The minimum absolute atomic E-state index is 0.208. The van der Waals surface area contributed by atoms with E-state index in [1.807, 2.05) is 55.5 Å². The molecule has 2 N–H and O–H groups in total. The number of carbonyl (C=O) groups excluding carboxylic acids is 1. The Kier molecular flexibility index (Phi) is 5.38. The van der Waals surface area contributed by atoms with Gasteiger partial charge in [0.05, 0.1) is 5.52 Å². The molecule has 3 aromatic heterocycles. The van der Waals surface area contributed by atoms with Gasteiger partial charge in [0.2, 0.25) is 0 Å². The van der Waals surface area contributed by atoms with Crippen molar-refractivity contribution in [3.05, 3.63) is 72.9 Å². The number of hydrogen-bond acceptors (Lipinski definition) is 7. The van der Waals surface area contributed by atoms with E-state index >= 15 is 0 Å². The summed E-state index contributed by atoms with van der Waals surface area (Å²) in [5.74, 6) is 2.05. The summed E-state index contributed by atoms with van der Waals surface area (Å²) in [6.07, 6.45) is 4.81.